The second-order valence-corrected chi connectivity index (χ2v) is 9.37. The smallest absolute Gasteiger partial charge is 0.250 e. The molecule has 4 nitrogen and oxygen atoms in total. The standard InChI is InChI=1S/C15H28N2O2S2/c1-4-5-6-10-15(2,3)12-17-21(18,19)14-8-7-13(20-14)9-11-16/h7-8,17H,4-6,9-12,16H2,1-3H3. The summed E-state index contributed by atoms with van der Waals surface area (Å²) in [5.74, 6) is 0. The van der Waals surface area contributed by atoms with Gasteiger partial charge in [0.05, 0.1) is 0 Å². The Morgan fingerprint density at radius 1 is 1.29 bits per heavy atom. The van der Waals surface area contributed by atoms with Crippen molar-refractivity contribution in [1.29, 1.82) is 0 Å². The van der Waals surface area contributed by atoms with E-state index in [2.05, 4.69) is 25.5 Å². The lowest BCUT2D eigenvalue weighted by Crippen LogP contribution is -2.33. The molecule has 3 N–H and O–H groups in total. The number of unbranched alkanes of at least 4 members (excludes halogenated alkanes) is 2. The summed E-state index contributed by atoms with van der Waals surface area (Å²) in [4.78, 5) is 1.01. The number of thiophene rings is 1. The van der Waals surface area contributed by atoms with Crippen LogP contribution in [0.3, 0.4) is 0 Å². The topological polar surface area (TPSA) is 72.2 Å². The van der Waals surface area contributed by atoms with E-state index in [-0.39, 0.29) is 5.41 Å². The summed E-state index contributed by atoms with van der Waals surface area (Å²) in [5, 5.41) is 0. The monoisotopic (exact) mass is 332 g/mol. The number of nitrogens with two attached hydrogens (primary N) is 1. The van der Waals surface area contributed by atoms with Crippen molar-refractivity contribution in [2.24, 2.45) is 11.1 Å². The van der Waals surface area contributed by atoms with Gasteiger partial charge in [0.15, 0.2) is 0 Å². The maximum absolute atomic E-state index is 12.3. The van der Waals surface area contributed by atoms with Crippen LogP contribution in [0.2, 0.25) is 0 Å². The third-order valence-corrected chi connectivity index (χ3v) is 6.53. The molecule has 0 saturated heterocycles. The Morgan fingerprint density at radius 2 is 2.00 bits per heavy atom. The fourth-order valence-electron chi connectivity index (χ4n) is 2.08. The normalized spacial score (nSPS) is 12.8. The maximum Gasteiger partial charge on any atom is 0.250 e. The number of sulfonamides is 1. The van der Waals surface area contributed by atoms with Crippen molar-refractivity contribution in [3.63, 3.8) is 0 Å². The van der Waals surface area contributed by atoms with Crippen LogP contribution in [-0.2, 0) is 16.4 Å². The van der Waals surface area contributed by atoms with E-state index < -0.39 is 10.0 Å². The Kier molecular flexibility index (Phi) is 7.33. The highest BCUT2D eigenvalue weighted by Gasteiger charge is 2.23. The molecule has 0 amide bonds. The zero-order valence-electron chi connectivity index (χ0n) is 13.3. The minimum Gasteiger partial charge on any atom is -0.330 e. The predicted octanol–water partition coefficient (Wildman–Crippen LogP) is 3.13. The van der Waals surface area contributed by atoms with Gasteiger partial charge < -0.3 is 5.73 Å². The van der Waals surface area contributed by atoms with Crippen LogP contribution in [0.25, 0.3) is 0 Å². The molecule has 1 rings (SSSR count). The number of hydrogen-bond donors (Lipinski definition) is 2. The predicted molar refractivity (Wildman–Crippen MR) is 90.2 cm³/mol. The second-order valence-electron chi connectivity index (χ2n) is 6.21. The molecular formula is C15H28N2O2S2. The molecule has 0 saturated carbocycles. The van der Waals surface area contributed by atoms with E-state index in [0.29, 0.717) is 17.3 Å². The first kappa shape index (κ1) is 18.6. The lowest BCUT2D eigenvalue weighted by atomic mass is 9.87. The van der Waals surface area contributed by atoms with E-state index in [1.54, 1.807) is 6.07 Å². The largest absolute Gasteiger partial charge is 0.330 e. The highest BCUT2D eigenvalue weighted by molar-refractivity contribution is 7.91. The number of nitrogens with one attached hydrogen (secondary N) is 1. The molecule has 6 heteroatoms. The second kappa shape index (κ2) is 8.27. The van der Waals surface area contributed by atoms with Crippen molar-refractivity contribution in [3.8, 4) is 0 Å². The number of hydrogen-bond acceptors (Lipinski definition) is 4. The lowest BCUT2D eigenvalue weighted by Gasteiger charge is -2.24. The van der Waals surface area contributed by atoms with Crippen molar-refractivity contribution in [3.05, 3.63) is 17.0 Å². The molecule has 0 aliphatic heterocycles. The van der Waals surface area contributed by atoms with Crippen LogP contribution < -0.4 is 10.5 Å². The van der Waals surface area contributed by atoms with Crippen molar-refractivity contribution in [2.75, 3.05) is 13.1 Å². The molecule has 1 heterocycles. The Labute approximate surface area is 133 Å². The van der Waals surface area contributed by atoms with E-state index in [1.807, 2.05) is 6.07 Å². The van der Waals surface area contributed by atoms with Crippen LogP contribution >= 0.6 is 11.3 Å². The zero-order valence-corrected chi connectivity index (χ0v) is 14.9. The molecule has 0 aliphatic carbocycles. The molecule has 1 aromatic rings. The molecule has 0 aliphatic rings. The summed E-state index contributed by atoms with van der Waals surface area (Å²) in [6.45, 7) is 7.41. The highest BCUT2D eigenvalue weighted by Crippen LogP contribution is 2.25. The molecule has 0 spiro atoms. The van der Waals surface area contributed by atoms with E-state index in [9.17, 15) is 8.42 Å². The first-order chi connectivity index (χ1) is 9.80. The van der Waals surface area contributed by atoms with Crippen LogP contribution in [0.1, 0.15) is 51.3 Å². The van der Waals surface area contributed by atoms with Gasteiger partial charge in [-0.1, -0.05) is 40.0 Å². The summed E-state index contributed by atoms with van der Waals surface area (Å²) >= 11 is 1.31. The summed E-state index contributed by atoms with van der Waals surface area (Å²) < 4.78 is 27.7. The summed E-state index contributed by atoms with van der Waals surface area (Å²) in [7, 11) is -3.39. The molecule has 0 bridgehead atoms. The first-order valence-electron chi connectivity index (χ1n) is 7.59. The molecule has 0 radical (unpaired) electrons. The Balaban J connectivity index is 2.59. The van der Waals surface area contributed by atoms with E-state index in [0.717, 1.165) is 24.1 Å². The zero-order chi connectivity index (χ0) is 15.9. The van der Waals surface area contributed by atoms with Crippen LogP contribution in [0.15, 0.2) is 16.3 Å². The van der Waals surface area contributed by atoms with E-state index in [4.69, 9.17) is 5.73 Å². The average molecular weight is 333 g/mol. The van der Waals surface area contributed by atoms with Crippen LogP contribution in [-0.4, -0.2) is 21.5 Å². The van der Waals surface area contributed by atoms with Gasteiger partial charge in [0.25, 0.3) is 0 Å². The van der Waals surface area contributed by atoms with E-state index in [1.165, 1.54) is 24.2 Å². The number of rotatable bonds is 10. The van der Waals surface area contributed by atoms with Gasteiger partial charge in [-0.05, 0) is 36.9 Å². The molecular weight excluding hydrogens is 304 g/mol. The first-order valence-corrected chi connectivity index (χ1v) is 9.89. The third-order valence-electron chi connectivity index (χ3n) is 3.49. The van der Waals surface area contributed by atoms with Gasteiger partial charge in [-0.25, -0.2) is 13.1 Å². The van der Waals surface area contributed by atoms with Crippen LogP contribution in [0.4, 0.5) is 0 Å². The molecule has 1 aromatic heterocycles. The lowest BCUT2D eigenvalue weighted by molar-refractivity contribution is 0.320. The van der Waals surface area contributed by atoms with Gasteiger partial charge >= 0.3 is 0 Å². The third kappa shape index (κ3) is 6.46. The molecule has 0 unspecified atom stereocenters. The molecule has 0 atom stereocenters. The van der Waals surface area contributed by atoms with Crippen LogP contribution in [0.5, 0.6) is 0 Å². The van der Waals surface area contributed by atoms with Gasteiger partial charge in [0.2, 0.25) is 10.0 Å². The van der Waals surface area contributed by atoms with Crippen molar-refractivity contribution < 1.29 is 8.42 Å². The fourth-order valence-corrected chi connectivity index (χ4v) is 4.74. The summed E-state index contributed by atoms with van der Waals surface area (Å²) in [6.07, 6.45) is 5.28. The van der Waals surface area contributed by atoms with E-state index >= 15 is 0 Å². The Morgan fingerprint density at radius 3 is 2.62 bits per heavy atom. The van der Waals surface area contributed by atoms with Gasteiger partial charge in [-0.15, -0.1) is 11.3 Å². The van der Waals surface area contributed by atoms with Crippen molar-refractivity contribution in [2.45, 2.75) is 57.1 Å². The van der Waals surface area contributed by atoms with Gasteiger partial charge in [-0.2, -0.15) is 0 Å². The van der Waals surface area contributed by atoms with Gasteiger partial charge in [0.1, 0.15) is 4.21 Å². The van der Waals surface area contributed by atoms with Gasteiger partial charge in [-0.3, -0.25) is 0 Å². The highest BCUT2D eigenvalue weighted by atomic mass is 32.2. The molecule has 21 heavy (non-hydrogen) atoms. The SMILES string of the molecule is CCCCCC(C)(C)CNS(=O)(=O)c1ccc(CCN)s1. The van der Waals surface area contributed by atoms with Crippen molar-refractivity contribution in [1.82, 2.24) is 4.72 Å². The average Bonchev–Trinajstić information content (AvgIpc) is 2.87. The van der Waals surface area contributed by atoms with Crippen molar-refractivity contribution >= 4 is 21.4 Å². The maximum atomic E-state index is 12.3. The Hall–Kier alpha value is -0.430. The molecule has 122 valence electrons. The quantitative estimate of drug-likeness (QED) is 0.647. The summed E-state index contributed by atoms with van der Waals surface area (Å²) in [6, 6.07) is 3.51. The Bertz CT molecular complexity index is 522. The molecule has 0 aromatic carbocycles. The summed E-state index contributed by atoms with van der Waals surface area (Å²) in [5.41, 5.74) is 5.48. The van der Waals surface area contributed by atoms with Crippen LogP contribution in [0, 0.1) is 5.41 Å². The minimum absolute atomic E-state index is 0.0143. The fraction of sp³-hybridized carbons (Fsp3) is 0.733. The minimum atomic E-state index is -3.39. The molecule has 0 fully saturated rings. The van der Waals surface area contributed by atoms with Gasteiger partial charge in [0, 0.05) is 11.4 Å².